The van der Waals surface area contributed by atoms with Gasteiger partial charge < -0.3 is 10.2 Å². The van der Waals surface area contributed by atoms with Crippen molar-refractivity contribution < 1.29 is 14.0 Å². The van der Waals surface area contributed by atoms with Gasteiger partial charge in [-0.05, 0) is 56.2 Å². The largest absolute Gasteiger partial charge is 0.352 e. The number of nitrogens with zero attached hydrogens (tertiary/aromatic N) is 1. The van der Waals surface area contributed by atoms with Gasteiger partial charge in [-0.3, -0.25) is 9.59 Å². The summed E-state index contributed by atoms with van der Waals surface area (Å²) in [7, 11) is 0. The van der Waals surface area contributed by atoms with Crippen LogP contribution < -0.4 is 5.32 Å². The minimum absolute atomic E-state index is 0.000577. The number of rotatable bonds is 9. The van der Waals surface area contributed by atoms with Crippen LogP contribution in [0.2, 0.25) is 0 Å². The Morgan fingerprint density at radius 2 is 1.79 bits per heavy atom. The molecule has 0 aliphatic heterocycles. The molecule has 0 heterocycles. The monoisotopic (exact) mass is 480 g/mol. The lowest BCUT2D eigenvalue weighted by Crippen LogP contribution is -2.49. The highest BCUT2D eigenvalue weighted by molar-refractivity contribution is 9.10. The van der Waals surface area contributed by atoms with Crippen molar-refractivity contribution in [3.8, 4) is 0 Å². The van der Waals surface area contributed by atoms with Crippen LogP contribution >= 0.6 is 27.7 Å². The average Bonchev–Trinajstić information content (AvgIpc) is 2.66. The second-order valence-corrected chi connectivity index (χ2v) is 9.01. The molecule has 0 aromatic heterocycles. The highest BCUT2D eigenvalue weighted by atomic mass is 79.9. The van der Waals surface area contributed by atoms with Gasteiger partial charge in [-0.1, -0.05) is 40.2 Å². The summed E-state index contributed by atoms with van der Waals surface area (Å²) in [6.45, 7) is 5.88. The number of benzene rings is 2. The molecule has 0 aliphatic carbocycles. The second kappa shape index (κ2) is 11.4. The fourth-order valence-electron chi connectivity index (χ4n) is 2.74. The summed E-state index contributed by atoms with van der Waals surface area (Å²) in [4.78, 5) is 27.1. The minimum Gasteiger partial charge on any atom is -0.352 e. The van der Waals surface area contributed by atoms with Crippen LogP contribution in [0.25, 0.3) is 0 Å². The Labute approximate surface area is 184 Å². The van der Waals surface area contributed by atoms with Crippen LogP contribution in [0.15, 0.2) is 53.0 Å². The maximum Gasteiger partial charge on any atom is 0.242 e. The van der Waals surface area contributed by atoms with Gasteiger partial charge in [-0.2, -0.15) is 0 Å². The average molecular weight is 481 g/mol. The molecule has 2 aromatic carbocycles. The molecule has 156 valence electrons. The van der Waals surface area contributed by atoms with E-state index in [1.807, 2.05) is 38.1 Å². The Morgan fingerprint density at radius 3 is 2.41 bits per heavy atom. The molecule has 0 bridgehead atoms. The van der Waals surface area contributed by atoms with E-state index in [1.165, 1.54) is 23.9 Å². The van der Waals surface area contributed by atoms with Crippen LogP contribution in [0.5, 0.6) is 0 Å². The van der Waals surface area contributed by atoms with Gasteiger partial charge in [0.05, 0.1) is 5.75 Å². The van der Waals surface area contributed by atoms with E-state index in [-0.39, 0.29) is 29.4 Å². The van der Waals surface area contributed by atoms with Gasteiger partial charge in [-0.25, -0.2) is 4.39 Å². The Bertz CT molecular complexity index is 830. The third kappa shape index (κ3) is 7.82. The Morgan fingerprint density at radius 1 is 1.10 bits per heavy atom. The van der Waals surface area contributed by atoms with Crippen LogP contribution in [0.4, 0.5) is 4.39 Å². The van der Waals surface area contributed by atoms with E-state index in [9.17, 15) is 14.0 Å². The zero-order chi connectivity index (χ0) is 21.4. The first-order valence-electron chi connectivity index (χ1n) is 9.42. The molecule has 0 saturated heterocycles. The van der Waals surface area contributed by atoms with E-state index in [0.717, 1.165) is 15.6 Å². The fourth-order valence-corrected chi connectivity index (χ4v) is 4.06. The summed E-state index contributed by atoms with van der Waals surface area (Å²) >= 11 is 4.90. The van der Waals surface area contributed by atoms with Gasteiger partial charge in [0.25, 0.3) is 0 Å². The molecule has 1 unspecified atom stereocenters. The molecule has 2 rings (SSSR count). The molecule has 7 heteroatoms. The Balaban J connectivity index is 2.06. The van der Waals surface area contributed by atoms with Crippen molar-refractivity contribution in [2.45, 2.75) is 45.2 Å². The predicted octanol–water partition coefficient (Wildman–Crippen LogP) is 4.76. The lowest BCUT2D eigenvalue weighted by atomic mass is 10.1. The SMILES string of the molecule is CC(C)NC(=O)C(C)N(Cc1cccc(Br)c1)C(=O)CSCc1ccc(F)cc1. The lowest BCUT2D eigenvalue weighted by Gasteiger charge is -2.29. The summed E-state index contributed by atoms with van der Waals surface area (Å²) in [5, 5.41) is 2.88. The summed E-state index contributed by atoms with van der Waals surface area (Å²) in [5.41, 5.74) is 1.90. The molecular weight excluding hydrogens is 455 g/mol. The van der Waals surface area contributed by atoms with E-state index >= 15 is 0 Å². The fraction of sp³-hybridized carbons (Fsp3) is 0.364. The minimum atomic E-state index is -0.588. The molecule has 4 nitrogen and oxygen atoms in total. The van der Waals surface area contributed by atoms with Crippen molar-refractivity contribution in [3.63, 3.8) is 0 Å². The first-order chi connectivity index (χ1) is 13.8. The molecule has 0 spiro atoms. The maximum atomic E-state index is 13.0. The number of hydrogen-bond donors (Lipinski definition) is 1. The Hall–Kier alpha value is -1.86. The number of thioether (sulfide) groups is 1. The van der Waals surface area contributed by atoms with Gasteiger partial charge in [-0.15, -0.1) is 11.8 Å². The Kier molecular flexibility index (Phi) is 9.17. The molecule has 2 amide bonds. The quantitative estimate of drug-likeness (QED) is 0.562. The second-order valence-electron chi connectivity index (χ2n) is 7.11. The number of carbonyl (C=O) groups is 2. The molecule has 0 aliphatic rings. The third-order valence-corrected chi connectivity index (χ3v) is 5.73. The molecule has 0 radical (unpaired) electrons. The summed E-state index contributed by atoms with van der Waals surface area (Å²) in [6, 6.07) is 13.4. The van der Waals surface area contributed by atoms with Crippen LogP contribution in [-0.4, -0.2) is 34.6 Å². The van der Waals surface area contributed by atoms with E-state index in [4.69, 9.17) is 0 Å². The van der Waals surface area contributed by atoms with E-state index < -0.39 is 6.04 Å². The third-order valence-electron chi connectivity index (χ3n) is 4.25. The number of halogens is 2. The molecular formula is C22H26BrFN2O2S. The summed E-state index contributed by atoms with van der Waals surface area (Å²) < 4.78 is 13.9. The van der Waals surface area contributed by atoms with Crippen molar-refractivity contribution in [1.82, 2.24) is 10.2 Å². The van der Waals surface area contributed by atoms with Gasteiger partial charge >= 0.3 is 0 Å². The first kappa shape index (κ1) is 23.4. The molecule has 29 heavy (non-hydrogen) atoms. The number of amides is 2. The van der Waals surface area contributed by atoms with Crippen molar-refractivity contribution in [3.05, 3.63) is 69.9 Å². The van der Waals surface area contributed by atoms with E-state index in [0.29, 0.717) is 12.3 Å². The number of hydrogen-bond acceptors (Lipinski definition) is 3. The summed E-state index contributed by atoms with van der Waals surface area (Å²) in [5.74, 6) is 0.281. The highest BCUT2D eigenvalue weighted by Gasteiger charge is 2.26. The zero-order valence-corrected chi connectivity index (χ0v) is 19.2. The van der Waals surface area contributed by atoms with Crippen LogP contribution in [0.3, 0.4) is 0 Å². The van der Waals surface area contributed by atoms with E-state index in [1.54, 1.807) is 24.0 Å². The van der Waals surface area contributed by atoms with Crippen molar-refractivity contribution in [2.75, 3.05) is 5.75 Å². The van der Waals surface area contributed by atoms with Crippen LogP contribution in [-0.2, 0) is 21.9 Å². The zero-order valence-electron chi connectivity index (χ0n) is 16.8. The molecule has 1 atom stereocenters. The van der Waals surface area contributed by atoms with Gasteiger partial charge in [0, 0.05) is 22.8 Å². The predicted molar refractivity (Wildman–Crippen MR) is 120 cm³/mol. The topological polar surface area (TPSA) is 49.4 Å². The van der Waals surface area contributed by atoms with Crippen molar-refractivity contribution >= 4 is 39.5 Å². The normalized spacial score (nSPS) is 11.9. The van der Waals surface area contributed by atoms with Gasteiger partial charge in [0.1, 0.15) is 11.9 Å². The smallest absolute Gasteiger partial charge is 0.242 e. The standard InChI is InChI=1S/C22H26BrFN2O2S/c1-15(2)25-22(28)16(3)26(12-18-5-4-6-19(23)11-18)21(27)14-29-13-17-7-9-20(24)10-8-17/h4-11,15-16H,12-14H2,1-3H3,(H,25,28). The number of nitrogens with one attached hydrogen (secondary N) is 1. The van der Waals surface area contributed by atoms with Gasteiger partial charge in [0.2, 0.25) is 11.8 Å². The van der Waals surface area contributed by atoms with Gasteiger partial charge in [0.15, 0.2) is 0 Å². The molecule has 0 saturated carbocycles. The highest BCUT2D eigenvalue weighted by Crippen LogP contribution is 2.18. The van der Waals surface area contributed by atoms with Crippen molar-refractivity contribution in [1.29, 1.82) is 0 Å². The molecule has 0 fully saturated rings. The van der Waals surface area contributed by atoms with Crippen molar-refractivity contribution in [2.24, 2.45) is 0 Å². The van der Waals surface area contributed by atoms with Crippen LogP contribution in [0.1, 0.15) is 31.9 Å². The molecule has 2 aromatic rings. The van der Waals surface area contributed by atoms with Crippen LogP contribution in [0, 0.1) is 5.82 Å². The first-order valence-corrected chi connectivity index (χ1v) is 11.4. The van der Waals surface area contributed by atoms with E-state index in [2.05, 4.69) is 21.2 Å². The molecule has 1 N–H and O–H groups in total. The maximum absolute atomic E-state index is 13.0. The lowest BCUT2D eigenvalue weighted by molar-refractivity contribution is -0.138. The summed E-state index contributed by atoms with van der Waals surface area (Å²) in [6.07, 6.45) is 0. The number of carbonyl (C=O) groups excluding carboxylic acids is 2.